The summed E-state index contributed by atoms with van der Waals surface area (Å²) < 4.78 is 0.933. The van der Waals surface area contributed by atoms with Gasteiger partial charge in [-0.05, 0) is 33.8 Å². The van der Waals surface area contributed by atoms with Gasteiger partial charge in [-0.3, -0.25) is 4.79 Å². The third-order valence-corrected chi connectivity index (χ3v) is 5.68. The molecule has 124 valence electrons. The molecule has 2 rings (SSSR count). The monoisotopic (exact) mass is 369 g/mol. The van der Waals surface area contributed by atoms with Gasteiger partial charge in [0.15, 0.2) is 9.50 Å². The number of aromatic nitrogens is 4. The average molecular weight is 370 g/mol. The molecule has 0 aliphatic carbocycles. The number of hydrogen-bond donors (Lipinski definition) is 1. The van der Waals surface area contributed by atoms with Gasteiger partial charge < -0.3 is 5.32 Å². The Kier molecular flexibility index (Phi) is 6.79. The SMILES string of the molecule is Cc1cc(C)nc(SC(C)C(=O)NCCSc2nnc(C)s2)n1. The number of aryl methyl sites for hydroxylation is 3. The highest BCUT2D eigenvalue weighted by Gasteiger charge is 2.16. The molecule has 9 heteroatoms. The van der Waals surface area contributed by atoms with Crippen molar-refractivity contribution in [2.24, 2.45) is 0 Å². The summed E-state index contributed by atoms with van der Waals surface area (Å²) >= 11 is 4.54. The molecule has 0 bridgehead atoms. The lowest BCUT2D eigenvalue weighted by molar-refractivity contribution is -0.120. The minimum absolute atomic E-state index is 0.00759. The second kappa shape index (κ2) is 8.60. The third-order valence-electron chi connectivity index (χ3n) is 2.75. The molecule has 1 amide bonds. The standard InChI is InChI=1S/C14H19N5OS3/c1-8-7-9(2)17-13(16-8)22-10(3)12(20)15-5-6-21-14-19-18-11(4)23-14/h7,10H,5-6H2,1-4H3,(H,15,20). The molecule has 6 nitrogen and oxygen atoms in total. The molecule has 1 N–H and O–H groups in total. The Morgan fingerprint density at radius 3 is 2.57 bits per heavy atom. The van der Waals surface area contributed by atoms with Crippen molar-refractivity contribution in [3.63, 3.8) is 0 Å². The van der Waals surface area contributed by atoms with Gasteiger partial charge in [0.1, 0.15) is 5.01 Å². The van der Waals surface area contributed by atoms with Crippen LogP contribution in [-0.4, -0.2) is 43.6 Å². The summed E-state index contributed by atoms with van der Waals surface area (Å²) in [4.78, 5) is 20.8. The predicted octanol–water partition coefficient (Wildman–Crippen LogP) is 2.64. The number of hydrogen-bond acceptors (Lipinski definition) is 8. The van der Waals surface area contributed by atoms with Crippen molar-refractivity contribution in [3.05, 3.63) is 22.5 Å². The van der Waals surface area contributed by atoms with Crippen molar-refractivity contribution in [1.29, 1.82) is 0 Å². The number of nitrogens with one attached hydrogen (secondary N) is 1. The van der Waals surface area contributed by atoms with Crippen LogP contribution >= 0.6 is 34.9 Å². The maximum atomic E-state index is 12.1. The van der Waals surface area contributed by atoms with E-state index in [9.17, 15) is 4.79 Å². The van der Waals surface area contributed by atoms with E-state index in [1.54, 1.807) is 23.1 Å². The summed E-state index contributed by atoms with van der Waals surface area (Å²) in [6.07, 6.45) is 0. The molecule has 0 spiro atoms. The summed E-state index contributed by atoms with van der Waals surface area (Å²) in [5, 5.41) is 12.3. The highest BCUT2D eigenvalue weighted by molar-refractivity contribution is 8.01. The first-order valence-corrected chi connectivity index (χ1v) is 9.82. The maximum Gasteiger partial charge on any atom is 0.233 e. The van der Waals surface area contributed by atoms with Crippen LogP contribution in [0.25, 0.3) is 0 Å². The molecule has 2 aromatic rings. The van der Waals surface area contributed by atoms with Gasteiger partial charge >= 0.3 is 0 Å². The smallest absolute Gasteiger partial charge is 0.233 e. The molecule has 1 unspecified atom stereocenters. The second-order valence-corrected chi connectivity index (χ2v) is 8.75. The largest absolute Gasteiger partial charge is 0.354 e. The molecule has 23 heavy (non-hydrogen) atoms. The molecule has 1 atom stereocenters. The van der Waals surface area contributed by atoms with Crippen molar-refractivity contribution >= 4 is 40.8 Å². The highest BCUT2D eigenvalue weighted by atomic mass is 32.2. The number of rotatable bonds is 7. The summed E-state index contributed by atoms with van der Waals surface area (Å²) in [7, 11) is 0. The molecule has 0 aliphatic rings. The minimum atomic E-state index is -0.232. The fraction of sp³-hybridized carbons (Fsp3) is 0.500. The van der Waals surface area contributed by atoms with Crippen molar-refractivity contribution in [2.75, 3.05) is 12.3 Å². The van der Waals surface area contributed by atoms with Crippen LogP contribution in [0.2, 0.25) is 0 Å². The van der Waals surface area contributed by atoms with Crippen LogP contribution in [0, 0.1) is 20.8 Å². The van der Waals surface area contributed by atoms with Crippen molar-refractivity contribution in [3.8, 4) is 0 Å². The first-order valence-electron chi connectivity index (χ1n) is 7.13. The number of carbonyl (C=O) groups is 1. The van der Waals surface area contributed by atoms with E-state index in [-0.39, 0.29) is 11.2 Å². The summed E-state index contributed by atoms with van der Waals surface area (Å²) in [5.74, 6) is 0.768. The molecular weight excluding hydrogens is 350 g/mol. The lowest BCUT2D eigenvalue weighted by Gasteiger charge is -2.11. The Labute approximate surface area is 148 Å². The second-order valence-electron chi connectivity index (χ2n) is 4.92. The van der Waals surface area contributed by atoms with Crippen LogP contribution in [0.15, 0.2) is 15.6 Å². The van der Waals surface area contributed by atoms with Crippen molar-refractivity contribution in [2.45, 2.75) is 42.4 Å². The molecule has 0 radical (unpaired) electrons. The molecule has 0 aromatic carbocycles. The zero-order chi connectivity index (χ0) is 16.8. The topological polar surface area (TPSA) is 80.7 Å². The number of nitrogens with zero attached hydrogens (tertiary/aromatic N) is 4. The number of carbonyl (C=O) groups excluding carboxylic acids is 1. The summed E-state index contributed by atoms with van der Waals surface area (Å²) in [6.45, 7) is 8.24. The van der Waals surface area contributed by atoms with Gasteiger partial charge in [0.25, 0.3) is 0 Å². The van der Waals surface area contributed by atoms with E-state index in [0.717, 1.165) is 26.5 Å². The molecule has 0 saturated heterocycles. The van der Waals surface area contributed by atoms with Crippen LogP contribution in [-0.2, 0) is 4.79 Å². The first kappa shape index (κ1) is 18.2. The Morgan fingerprint density at radius 1 is 1.26 bits per heavy atom. The van der Waals surface area contributed by atoms with Gasteiger partial charge in [-0.25, -0.2) is 9.97 Å². The van der Waals surface area contributed by atoms with Crippen LogP contribution in [0.1, 0.15) is 23.3 Å². The lowest BCUT2D eigenvalue weighted by atomic mass is 10.4. The van der Waals surface area contributed by atoms with E-state index >= 15 is 0 Å². The van der Waals surface area contributed by atoms with E-state index in [2.05, 4.69) is 25.5 Å². The molecule has 0 fully saturated rings. The van der Waals surface area contributed by atoms with E-state index in [1.165, 1.54) is 11.8 Å². The Balaban J connectivity index is 1.74. The van der Waals surface area contributed by atoms with Crippen LogP contribution < -0.4 is 5.32 Å². The highest BCUT2D eigenvalue weighted by Crippen LogP contribution is 2.22. The van der Waals surface area contributed by atoms with E-state index < -0.39 is 0 Å². The third kappa shape index (κ3) is 6.08. The summed E-state index contributed by atoms with van der Waals surface area (Å²) in [5.41, 5.74) is 1.83. The van der Waals surface area contributed by atoms with Crippen LogP contribution in [0.3, 0.4) is 0 Å². The van der Waals surface area contributed by atoms with Crippen LogP contribution in [0.5, 0.6) is 0 Å². The zero-order valence-corrected chi connectivity index (χ0v) is 15.9. The van der Waals surface area contributed by atoms with Gasteiger partial charge in [-0.2, -0.15) is 0 Å². The Morgan fingerprint density at radius 2 is 1.96 bits per heavy atom. The van der Waals surface area contributed by atoms with E-state index in [1.807, 2.05) is 33.8 Å². The first-order chi connectivity index (χ1) is 10.9. The molecule has 0 saturated carbocycles. The van der Waals surface area contributed by atoms with Gasteiger partial charge in [0, 0.05) is 23.7 Å². The Hall–Kier alpha value is -1.19. The van der Waals surface area contributed by atoms with Gasteiger partial charge in [0.05, 0.1) is 5.25 Å². The number of thioether (sulfide) groups is 2. The van der Waals surface area contributed by atoms with E-state index in [4.69, 9.17) is 0 Å². The van der Waals surface area contributed by atoms with Crippen molar-refractivity contribution in [1.82, 2.24) is 25.5 Å². The quantitative estimate of drug-likeness (QED) is 0.456. The van der Waals surface area contributed by atoms with Crippen molar-refractivity contribution < 1.29 is 4.79 Å². The zero-order valence-electron chi connectivity index (χ0n) is 13.5. The predicted molar refractivity (Wildman–Crippen MR) is 95.2 cm³/mol. The van der Waals surface area contributed by atoms with Crippen LogP contribution in [0.4, 0.5) is 0 Å². The van der Waals surface area contributed by atoms with Gasteiger partial charge in [-0.15, -0.1) is 10.2 Å². The molecule has 2 aromatic heterocycles. The van der Waals surface area contributed by atoms with E-state index in [0.29, 0.717) is 11.7 Å². The number of amides is 1. The molecule has 2 heterocycles. The van der Waals surface area contributed by atoms with Gasteiger partial charge in [0.2, 0.25) is 5.91 Å². The molecular formula is C14H19N5OS3. The average Bonchev–Trinajstić information content (AvgIpc) is 2.87. The Bertz CT molecular complexity index is 656. The van der Waals surface area contributed by atoms with Gasteiger partial charge in [-0.1, -0.05) is 34.9 Å². The summed E-state index contributed by atoms with van der Waals surface area (Å²) in [6, 6.07) is 1.92. The maximum absolute atomic E-state index is 12.1. The molecule has 0 aliphatic heterocycles. The normalized spacial score (nSPS) is 12.2. The fourth-order valence-electron chi connectivity index (χ4n) is 1.75. The minimum Gasteiger partial charge on any atom is -0.354 e. The lowest BCUT2D eigenvalue weighted by Crippen LogP contribution is -2.32. The fourth-order valence-corrected chi connectivity index (χ4v) is 4.39.